The van der Waals surface area contributed by atoms with Crippen molar-refractivity contribution >= 4 is 5.97 Å². The minimum absolute atomic E-state index is 0. The average Bonchev–Trinajstić information content (AvgIpc) is 1.38. The predicted octanol–water partition coefficient (Wildman–Crippen LogP) is 0.481. The fourth-order valence-electron chi connectivity index (χ4n) is 0. The van der Waals surface area contributed by atoms with E-state index < -0.39 is 5.97 Å². The third-order valence-corrected chi connectivity index (χ3v) is 0.302. The first-order valence-electron chi connectivity index (χ1n) is 1.49. The van der Waals surface area contributed by atoms with Gasteiger partial charge in [-0.3, -0.25) is 4.79 Å². The van der Waals surface area contributed by atoms with Crippen LogP contribution < -0.4 is 0 Å². The molecule has 0 heterocycles. The summed E-state index contributed by atoms with van der Waals surface area (Å²) in [4.78, 5) is 9.37. The second-order valence-corrected chi connectivity index (χ2v) is 0.747. The standard InChI is InChI=1S/C3H6O2.Ce/c1-2-3(4)5;/h2H2,1H3,(H,4,5);. The predicted molar refractivity (Wildman–Crippen MR) is 17.9 cm³/mol. The molecule has 0 aliphatic carbocycles. The Morgan fingerprint density at radius 1 is 1.83 bits per heavy atom. The van der Waals surface area contributed by atoms with Crippen molar-refractivity contribution < 1.29 is 51.6 Å². The molecule has 0 aromatic heterocycles. The molecule has 3 heteroatoms. The van der Waals surface area contributed by atoms with Gasteiger partial charge in [-0.25, -0.2) is 0 Å². The average molecular weight is 214 g/mol. The van der Waals surface area contributed by atoms with Gasteiger partial charge in [-0.05, 0) is 0 Å². The molecule has 0 atom stereocenters. The Hall–Kier alpha value is 0.847. The van der Waals surface area contributed by atoms with E-state index in [4.69, 9.17) is 5.11 Å². The summed E-state index contributed by atoms with van der Waals surface area (Å²) in [5, 5.41) is 7.72. The maximum atomic E-state index is 9.37. The van der Waals surface area contributed by atoms with Crippen molar-refractivity contribution in [2.75, 3.05) is 0 Å². The van der Waals surface area contributed by atoms with E-state index in [0.29, 0.717) is 0 Å². The molecule has 0 bridgehead atoms. The molecule has 0 radical (unpaired) electrons. The summed E-state index contributed by atoms with van der Waals surface area (Å²) in [5.41, 5.74) is 0. The van der Waals surface area contributed by atoms with Gasteiger partial charge in [-0.2, -0.15) is 0 Å². The fourth-order valence-corrected chi connectivity index (χ4v) is 0. The molecule has 1 N–H and O–H groups in total. The zero-order valence-corrected chi connectivity index (χ0v) is 6.70. The molecule has 0 saturated carbocycles. The molecule has 0 amide bonds. The normalized spacial score (nSPS) is 6.17. The smallest absolute Gasteiger partial charge is 0.303 e. The molecule has 0 fully saturated rings. The largest absolute Gasteiger partial charge is 0.481 e. The van der Waals surface area contributed by atoms with E-state index in [9.17, 15) is 4.79 Å². The van der Waals surface area contributed by atoms with Crippen LogP contribution in [-0.4, -0.2) is 11.1 Å². The molecular weight excluding hydrogens is 208 g/mol. The fraction of sp³-hybridized carbons (Fsp3) is 0.667. The van der Waals surface area contributed by atoms with E-state index in [0.717, 1.165) is 0 Å². The van der Waals surface area contributed by atoms with E-state index in [2.05, 4.69) is 0 Å². The van der Waals surface area contributed by atoms with Crippen LogP contribution in [0.25, 0.3) is 0 Å². The molecule has 0 saturated heterocycles. The Morgan fingerprint density at radius 2 is 2.00 bits per heavy atom. The molecular formula is C3H6CeO2. The first-order chi connectivity index (χ1) is 2.27. The molecule has 0 rings (SSSR count). The number of carboxylic acid groups (broad SMARTS) is 1. The van der Waals surface area contributed by atoms with E-state index in [-0.39, 0.29) is 48.2 Å². The number of carbonyl (C=O) groups is 1. The minimum Gasteiger partial charge on any atom is -0.481 e. The number of aliphatic carboxylic acids is 1. The molecule has 0 aliphatic heterocycles. The Morgan fingerprint density at radius 3 is 2.00 bits per heavy atom. The van der Waals surface area contributed by atoms with Crippen molar-refractivity contribution in [3.63, 3.8) is 0 Å². The van der Waals surface area contributed by atoms with Crippen LogP contribution >= 0.6 is 0 Å². The number of carboxylic acids is 1. The van der Waals surface area contributed by atoms with Crippen LogP contribution in [0.5, 0.6) is 0 Å². The number of rotatable bonds is 1. The van der Waals surface area contributed by atoms with Crippen LogP contribution in [0.2, 0.25) is 0 Å². The van der Waals surface area contributed by atoms with Gasteiger partial charge < -0.3 is 5.11 Å². The van der Waals surface area contributed by atoms with Gasteiger partial charge in [-0.1, -0.05) is 6.92 Å². The topological polar surface area (TPSA) is 37.3 Å². The van der Waals surface area contributed by atoms with Crippen molar-refractivity contribution in [3.05, 3.63) is 0 Å². The quantitative estimate of drug-likeness (QED) is 0.689. The summed E-state index contributed by atoms with van der Waals surface area (Å²) in [6.45, 7) is 1.60. The molecule has 34 valence electrons. The molecule has 2 nitrogen and oxygen atoms in total. The second kappa shape index (κ2) is 5.85. The first-order valence-corrected chi connectivity index (χ1v) is 1.49. The van der Waals surface area contributed by atoms with Crippen molar-refractivity contribution in [3.8, 4) is 0 Å². The summed E-state index contributed by atoms with van der Waals surface area (Å²) >= 11 is 0. The summed E-state index contributed by atoms with van der Waals surface area (Å²) in [6.07, 6.45) is 0.222. The minimum atomic E-state index is -0.745. The van der Waals surface area contributed by atoms with Crippen LogP contribution in [0, 0.1) is 41.7 Å². The van der Waals surface area contributed by atoms with E-state index in [1.165, 1.54) is 0 Å². The monoisotopic (exact) mass is 214 g/mol. The van der Waals surface area contributed by atoms with Crippen LogP contribution in [-0.2, 0) is 4.79 Å². The van der Waals surface area contributed by atoms with Crippen molar-refractivity contribution in [2.45, 2.75) is 13.3 Å². The number of hydrogen-bond acceptors (Lipinski definition) is 1. The van der Waals surface area contributed by atoms with Gasteiger partial charge in [0, 0.05) is 48.2 Å². The summed E-state index contributed by atoms with van der Waals surface area (Å²) in [5.74, 6) is -0.745. The Kier molecular flexibility index (Phi) is 9.71. The molecule has 0 spiro atoms. The SMILES string of the molecule is CCC(=O)O.[Ce]. The van der Waals surface area contributed by atoms with E-state index in [1.54, 1.807) is 6.92 Å². The molecule has 6 heavy (non-hydrogen) atoms. The van der Waals surface area contributed by atoms with Crippen molar-refractivity contribution in [2.24, 2.45) is 0 Å². The third kappa shape index (κ3) is 8.85. The molecule has 0 aromatic carbocycles. The zero-order chi connectivity index (χ0) is 4.28. The second-order valence-electron chi connectivity index (χ2n) is 0.747. The summed E-state index contributed by atoms with van der Waals surface area (Å²) in [6, 6.07) is 0. The van der Waals surface area contributed by atoms with Crippen molar-refractivity contribution in [1.82, 2.24) is 0 Å². The Labute approximate surface area is 70.3 Å². The van der Waals surface area contributed by atoms with Gasteiger partial charge in [0.05, 0.1) is 0 Å². The maximum absolute atomic E-state index is 9.37. The summed E-state index contributed by atoms with van der Waals surface area (Å²) in [7, 11) is 0. The van der Waals surface area contributed by atoms with Crippen LogP contribution in [0.4, 0.5) is 0 Å². The van der Waals surface area contributed by atoms with Crippen LogP contribution in [0.3, 0.4) is 0 Å². The van der Waals surface area contributed by atoms with Gasteiger partial charge in [0.2, 0.25) is 0 Å². The summed E-state index contributed by atoms with van der Waals surface area (Å²) < 4.78 is 0. The Bertz CT molecular complexity index is 44.1. The number of hydrogen-bond donors (Lipinski definition) is 1. The van der Waals surface area contributed by atoms with Crippen LogP contribution in [0.15, 0.2) is 0 Å². The van der Waals surface area contributed by atoms with Gasteiger partial charge in [-0.15, -0.1) is 0 Å². The third-order valence-electron chi connectivity index (χ3n) is 0.302. The zero-order valence-electron chi connectivity index (χ0n) is 3.56. The first kappa shape index (κ1) is 9.96. The van der Waals surface area contributed by atoms with Gasteiger partial charge in [0.1, 0.15) is 0 Å². The Balaban J connectivity index is 0. The van der Waals surface area contributed by atoms with Gasteiger partial charge in [0.25, 0.3) is 0 Å². The van der Waals surface area contributed by atoms with Gasteiger partial charge >= 0.3 is 5.97 Å². The van der Waals surface area contributed by atoms with Crippen molar-refractivity contribution in [1.29, 1.82) is 0 Å². The van der Waals surface area contributed by atoms with Crippen LogP contribution in [0.1, 0.15) is 13.3 Å². The molecule has 0 unspecified atom stereocenters. The van der Waals surface area contributed by atoms with E-state index in [1.807, 2.05) is 0 Å². The van der Waals surface area contributed by atoms with Gasteiger partial charge in [0.15, 0.2) is 0 Å². The maximum Gasteiger partial charge on any atom is 0.303 e. The molecule has 0 aromatic rings. The van der Waals surface area contributed by atoms with E-state index >= 15 is 0 Å². The molecule has 0 aliphatic rings.